The Morgan fingerprint density at radius 3 is 2.39 bits per heavy atom. The number of methoxy groups -OCH3 is 1. The first-order chi connectivity index (χ1) is 13.5. The van der Waals surface area contributed by atoms with Crippen molar-refractivity contribution in [1.29, 1.82) is 0 Å². The average molecular weight is 378 g/mol. The zero-order valence-corrected chi connectivity index (χ0v) is 16.3. The fourth-order valence-corrected chi connectivity index (χ4v) is 3.13. The SMILES string of the molecule is COc1ccc(/C=C/C(=O)NC(C)C(=O)NCC2(c3ccccc3)CC2)cc1. The lowest BCUT2D eigenvalue weighted by Crippen LogP contribution is -2.46. The number of hydrogen-bond acceptors (Lipinski definition) is 3. The Morgan fingerprint density at radius 1 is 1.11 bits per heavy atom. The average Bonchev–Trinajstić information content (AvgIpc) is 3.52. The molecule has 2 aromatic rings. The lowest BCUT2D eigenvalue weighted by Gasteiger charge is -2.19. The van der Waals surface area contributed by atoms with Gasteiger partial charge in [0.1, 0.15) is 11.8 Å². The summed E-state index contributed by atoms with van der Waals surface area (Å²) in [6.45, 7) is 2.29. The highest BCUT2D eigenvalue weighted by atomic mass is 16.5. The summed E-state index contributed by atoms with van der Waals surface area (Å²) in [6.07, 6.45) is 5.27. The second-order valence-electron chi connectivity index (χ2n) is 7.20. The smallest absolute Gasteiger partial charge is 0.244 e. The Balaban J connectivity index is 1.47. The van der Waals surface area contributed by atoms with Crippen LogP contribution in [0, 0.1) is 0 Å². The maximum Gasteiger partial charge on any atom is 0.244 e. The van der Waals surface area contributed by atoms with E-state index in [9.17, 15) is 9.59 Å². The molecule has 1 aliphatic carbocycles. The van der Waals surface area contributed by atoms with Crippen LogP contribution in [0.1, 0.15) is 30.9 Å². The van der Waals surface area contributed by atoms with Crippen molar-refractivity contribution in [2.75, 3.05) is 13.7 Å². The van der Waals surface area contributed by atoms with Crippen molar-refractivity contribution in [3.05, 3.63) is 71.8 Å². The molecule has 146 valence electrons. The van der Waals surface area contributed by atoms with Crippen molar-refractivity contribution < 1.29 is 14.3 Å². The summed E-state index contributed by atoms with van der Waals surface area (Å²) in [7, 11) is 1.61. The maximum atomic E-state index is 12.4. The quantitative estimate of drug-likeness (QED) is 0.694. The maximum absolute atomic E-state index is 12.4. The van der Waals surface area contributed by atoms with Gasteiger partial charge in [-0.2, -0.15) is 0 Å². The zero-order valence-electron chi connectivity index (χ0n) is 16.3. The molecule has 0 bridgehead atoms. The van der Waals surface area contributed by atoms with E-state index in [0.717, 1.165) is 24.2 Å². The number of nitrogens with one attached hydrogen (secondary N) is 2. The summed E-state index contributed by atoms with van der Waals surface area (Å²) in [6, 6.07) is 17.0. The van der Waals surface area contributed by atoms with Crippen molar-refractivity contribution in [3.8, 4) is 5.75 Å². The van der Waals surface area contributed by atoms with E-state index in [4.69, 9.17) is 4.74 Å². The van der Waals surface area contributed by atoms with Crippen LogP contribution in [-0.4, -0.2) is 31.5 Å². The highest BCUT2D eigenvalue weighted by molar-refractivity contribution is 5.95. The topological polar surface area (TPSA) is 67.4 Å². The molecule has 0 aromatic heterocycles. The zero-order chi connectivity index (χ0) is 20.0. The third-order valence-corrected chi connectivity index (χ3v) is 5.14. The number of hydrogen-bond donors (Lipinski definition) is 2. The monoisotopic (exact) mass is 378 g/mol. The molecule has 1 saturated carbocycles. The van der Waals surface area contributed by atoms with Crippen molar-refractivity contribution in [3.63, 3.8) is 0 Å². The molecule has 1 unspecified atom stereocenters. The summed E-state index contributed by atoms with van der Waals surface area (Å²) in [4.78, 5) is 24.5. The van der Waals surface area contributed by atoms with E-state index >= 15 is 0 Å². The Bertz CT molecular complexity index is 840. The highest BCUT2D eigenvalue weighted by Gasteiger charge is 2.44. The molecular formula is C23H26N2O3. The molecule has 1 fully saturated rings. The number of carbonyl (C=O) groups excluding carboxylic acids is 2. The predicted octanol–water partition coefficient (Wildman–Crippen LogP) is 3.06. The third kappa shape index (κ3) is 5.00. The van der Waals surface area contributed by atoms with E-state index < -0.39 is 6.04 Å². The standard InChI is InChI=1S/C23H26N2O3/c1-17(25-21(26)13-10-18-8-11-20(28-2)12-9-18)22(27)24-16-23(14-15-23)19-6-4-3-5-7-19/h3-13,17H,14-16H2,1-2H3,(H,24,27)(H,25,26)/b13-10+. The largest absolute Gasteiger partial charge is 0.497 e. The molecular weight excluding hydrogens is 352 g/mol. The fourth-order valence-electron chi connectivity index (χ4n) is 3.13. The minimum absolute atomic E-state index is 0.0505. The highest BCUT2D eigenvalue weighted by Crippen LogP contribution is 2.47. The molecule has 2 aromatic carbocycles. The molecule has 0 aliphatic heterocycles. The van der Waals surface area contributed by atoms with Crippen LogP contribution in [0.3, 0.4) is 0 Å². The molecule has 0 saturated heterocycles. The van der Waals surface area contributed by atoms with Gasteiger partial charge in [-0.25, -0.2) is 0 Å². The summed E-state index contributed by atoms with van der Waals surface area (Å²) in [5.74, 6) is 0.284. The predicted molar refractivity (Wildman–Crippen MR) is 110 cm³/mol. The van der Waals surface area contributed by atoms with E-state index in [1.807, 2.05) is 42.5 Å². The summed E-state index contributed by atoms with van der Waals surface area (Å²) in [5, 5.41) is 5.69. The summed E-state index contributed by atoms with van der Waals surface area (Å²) >= 11 is 0. The molecule has 3 rings (SSSR count). The van der Waals surface area contributed by atoms with Crippen LogP contribution in [0.2, 0.25) is 0 Å². The number of rotatable bonds is 8. The number of ether oxygens (including phenoxy) is 1. The lowest BCUT2D eigenvalue weighted by atomic mass is 9.96. The van der Waals surface area contributed by atoms with Crippen LogP contribution >= 0.6 is 0 Å². The van der Waals surface area contributed by atoms with Gasteiger partial charge < -0.3 is 15.4 Å². The Morgan fingerprint density at radius 2 is 1.79 bits per heavy atom. The number of amides is 2. The van der Waals surface area contributed by atoms with E-state index in [0.29, 0.717) is 6.54 Å². The molecule has 5 nitrogen and oxygen atoms in total. The second kappa shape index (κ2) is 8.74. The Labute approximate surface area is 165 Å². The van der Waals surface area contributed by atoms with E-state index in [1.54, 1.807) is 20.1 Å². The minimum Gasteiger partial charge on any atom is -0.497 e. The van der Waals surface area contributed by atoms with E-state index in [2.05, 4.69) is 22.8 Å². The minimum atomic E-state index is -0.598. The number of benzene rings is 2. The van der Waals surface area contributed by atoms with Gasteiger partial charge in [0.15, 0.2) is 0 Å². The van der Waals surface area contributed by atoms with Crippen LogP contribution in [0.25, 0.3) is 6.08 Å². The van der Waals surface area contributed by atoms with Gasteiger partial charge in [0.2, 0.25) is 11.8 Å². The third-order valence-electron chi connectivity index (χ3n) is 5.14. The van der Waals surface area contributed by atoms with Gasteiger partial charge in [0.05, 0.1) is 7.11 Å². The first-order valence-electron chi connectivity index (χ1n) is 9.48. The molecule has 0 heterocycles. The molecule has 5 heteroatoms. The first kappa shape index (κ1) is 19.7. The van der Waals surface area contributed by atoms with Gasteiger partial charge in [0.25, 0.3) is 0 Å². The van der Waals surface area contributed by atoms with Crippen LogP contribution < -0.4 is 15.4 Å². The Kier molecular flexibility index (Phi) is 6.14. The molecule has 0 radical (unpaired) electrons. The fraction of sp³-hybridized carbons (Fsp3) is 0.304. The van der Waals surface area contributed by atoms with Gasteiger partial charge in [-0.15, -0.1) is 0 Å². The Hall–Kier alpha value is -3.08. The van der Waals surface area contributed by atoms with Gasteiger partial charge in [0, 0.05) is 18.0 Å². The molecule has 0 spiro atoms. The van der Waals surface area contributed by atoms with Crippen molar-refractivity contribution in [2.45, 2.75) is 31.2 Å². The van der Waals surface area contributed by atoms with Crippen molar-refractivity contribution in [1.82, 2.24) is 10.6 Å². The van der Waals surface area contributed by atoms with E-state index in [1.165, 1.54) is 11.6 Å². The summed E-state index contributed by atoms with van der Waals surface area (Å²) in [5.41, 5.74) is 2.19. The van der Waals surface area contributed by atoms with Crippen LogP contribution in [0.4, 0.5) is 0 Å². The second-order valence-corrected chi connectivity index (χ2v) is 7.20. The van der Waals surface area contributed by atoms with Crippen molar-refractivity contribution in [2.24, 2.45) is 0 Å². The van der Waals surface area contributed by atoms with Crippen LogP contribution in [0.15, 0.2) is 60.7 Å². The summed E-state index contributed by atoms with van der Waals surface area (Å²) < 4.78 is 5.11. The van der Waals surface area contributed by atoms with Gasteiger partial charge >= 0.3 is 0 Å². The molecule has 1 aliphatic rings. The first-order valence-corrected chi connectivity index (χ1v) is 9.48. The molecule has 1 atom stereocenters. The molecule has 2 N–H and O–H groups in total. The van der Waals surface area contributed by atoms with Crippen LogP contribution in [0.5, 0.6) is 5.75 Å². The van der Waals surface area contributed by atoms with Gasteiger partial charge in [-0.1, -0.05) is 42.5 Å². The van der Waals surface area contributed by atoms with E-state index in [-0.39, 0.29) is 17.2 Å². The van der Waals surface area contributed by atoms with Gasteiger partial charge in [-0.05, 0) is 49.1 Å². The van der Waals surface area contributed by atoms with Crippen molar-refractivity contribution >= 4 is 17.9 Å². The lowest BCUT2D eigenvalue weighted by molar-refractivity contribution is -0.126. The molecule has 2 amide bonds. The van der Waals surface area contributed by atoms with Crippen LogP contribution in [-0.2, 0) is 15.0 Å². The number of carbonyl (C=O) groups is 2. The normalized spacial score (nSPS) is 15.6. The van der Waals surface area contributed by atoms with Gasteiger partial charge in [-0.3, -0.25) is 9.59 Å². The molecule has 28 heavy (non-hydrogen) atoms.